The number of urea groups is 1. The van der Waals surface area contributed by atoms with Crippen molar-refractivity contribution in [2.45, 2.75) is 46.2 Å². The lowest BCUT2D eigenvalue weighted by Gasteiger charge is -2.31. The van der Waals surface area contributed by atoms with E-state index in [1.54, 1.807) is 38.1 Å². The molecule has 1 aliphatic rings. The number of rotatable bonds is 7. The summed E-state index contributed by atoms with van der Waals surface area (Å²) in [6, 6.07) is 4.29. The van der Waals surface area contributed by atoms with Gasteiger partial charge in [0.25, 0.3) is 0 Å². The number of anilines is 2. The number of hydrogen-bond donors (Lipinski definition) is 4. The van der Waals surface area contributed by atoms with E-state index < -0.39 is 30.0 Å². The number of hydrogen-bond acceptors (Lipinski definition) is 4. The highest BCUT2D eigenvalue weighted by molar-refractivity contribution is 6.10. The van der Waals surface area contributed by atoms with Gasteiger partial charge in [0.2, 0.25) is 11.8 Å². The second-order valence-electron chi connectivity index (χ2n) is 7.85. The number of carbonyl (C=O) groups excluding carboxylic acids is 3. The molecule has 2 unspecified atom stereocenters. The maximum Gasteiger partial charge on any atom is 0.326 e. The van der Waals surface area contributed by atoms with Crippen LogP contribution in [0.15, 0.2) is 24.3 Å². The molecule has 9 heteroatoms. The summed E-state index contributed by atoms with van der Waals surface area (Å²) in [6.07, 6.45) is 0.323. The molecule has 0 spiro atoms. The topological polar surface area (TPSA) is 128 Å². The van der Waals surface area contributed by atoms with Crippen molar-refractivity contribution in [2.75, 3.05) is 16.8 Å². The minimum atomic E-state index is -1.13. The van der Waals surface area contributed by atoms with Gasteiger partial charge in [0.1, 0.15) is 18.6 Å². The van der Waals surface area contributed by atoms with E-state index in [-0.39, 0.29) is 24.3 Å². The van der Waals surface area contributed by atoms with Gasteiger partial charge in [-0.3, -0.25) is 14.5 Å². The zero-order valence-corrected chi connectivity index (χ0v) is 17.1. The molecule has 0 saturated heterocycles. The van der Waals surface area contributed by atoms with Crippen molar-refractivity contribution in [2.24, 2.45) is 11.8 Å². The third-order valence-electron chi connectivity index (χ3n) is 4.57. The quantitative estimate of drug-likeness (QED) is 0.551. The van der Waals surface area contributed by atoms with Crippen LogP contribution in [0.1, 0.15) is 34.1 Å². The molecule has 4 amide bonds. The van der Waals surface area contributed by atoms with Gasteiger partial charge < -0.3 is 21.1 Å². The molecule has 0 aromatic heterocycles. The molecule has 1 aliphatic heterocycles. The minimum absolute atomic E-state index is 0.0744. The maximum absolute atomic E-state index is 12.9. The Morgan fingerprint density at radius 1 is 1.14 bits per heavy atom. The fourth-order valence-corrected chi connectivity index (χ4v) is 3.11. The van der Waals surface area contributed by atoms with E-state index in [2.05, 4.69) is 16.0 Å². The van der Waals surface area contributed by atoms with Gasteiger partial charge in [0, 0.05) is 0 Å². The highest BCUT2D eigenvalue weighted by atomic mass is 16.4. The molecule has 1 heterocycles. The van der Waals surface area contributed by atoms with E-state index in [0.717, 1.165) is 0 Å². The molecule has 0 bridgehead atoms. The van der Waals surface area contributed by atoms with Gasteiger partial charge >= 0.3 is 12.0 Å². The van der Waals surface area contributed by atoms with Crippen LogP contribution in [0, 0.1) is 11.8 Å². The molecule has 1 aromatic carbocycles. The van der Waals surface area contributed by atoms with Crippen LogP contribution in [0.25, 0.3) is 0 Å². The third kappa shape index (κ3) is 5.69. The first-order valence-electron chi connectivity index (χ1n) is 9.60. The molecular weight excluding hydrogens is 376 g/mol. The standard InChI is InChI=1S/C20H28N4O5/c1-11(2)9-14(18(26)23-17(12(3)4)19(27)28)22-20(29)24-10-16(25)21-13-7-5-6-8-15(13)24/h5-8,11-12,14,17H,9-10H2,1-4H3,(H,21,25)(H,22,29)(H,23,26)(H,27,28). The van der Waals surface area contributed by atoms with Gasteiger partial charge in [-0.15, -0.1) is 0 Å². The van der Waals surface area contributed by atoms with Crippen molar-refractivity contribution < 1.29 is 24.3 Å². The zero-order chi connectivity index (χ0) is 21.7. The molecular formula is C20H28N4O5. The molecule has 0 fully saturated rings. The van der Waals surface area contributed by atoms with Crippen molar-refractivity contribution in [3.8, 4) is 0 Å². The molecule has 1 aromatic rings. The molecule has 0 saturated carbocycles. The number of para-hydroxylation sites is 2. The molecule has 2 atom stereocenters. The Bertz CT molecular complexity index is 793. The Hall–Kier alpha value is -3.10. The molecule has 0 aliphatic carbocycles. The molecule has 0 radical (unpaired) electrons. The first-order chi connectivity index (χ1) is 13.6. The molecule has 4 N–H and O–H groups in total. The first kappa shape index (κ1) is 22.2. The largest absolute Gasteiger partial charge is 0.480 e. The summed E-state index contributed by atoms with van der Waals surface area (Å²) in [5.74, 6) is -2.28. The van der Waals surface area contributed by atoms with Crippen molar-refractivity contribution in [1.82, 2.24) is 10.6 Å². The first-order valence-corrected chi connectivity index (χ1v) is 9.60. The second kappa shape index (κ2) is 9.40. The van der Waals surface area contributed by atoms with Crippen molar-refractivity contribution in [3.05, 3.63) is 24.3 Å². The number of benzene rings is 1. The summed E-state index contributed by atoms with van der Waals surface area (Å²) in [5, 5.41) is 17.2. The lowest BCUT2D eigenvalue weighted by Crippen LogP contribution is -2.56. The molecule has 158 valence electrons. The number of carboxylic acid groups (broad SMARTS) is 1. The van der Waals surface area contributed by atoms with E-state index in [4.69, 9.17) is 0 Å². The Morgan fingerprint density at radius 2 is 1.79 bits per heavy atom. The minimum Gasteiger partial charge on any atom is -0.480 e. The monoisotopic (exact) mass is 404 g/mol. The van der Waals surface area contributed by atoms with Crippen LogP contribution in [0.2, 0.25) is 0 Å². The second-order valence-corrected chi connectivity index (χ2v) is 7.85. The normalized spacial score (nSPS) is 15.4. The van der Waals surface area contributed by atoms with Crippen LogP contribution < -0.4 is 20.9 Å². The van der Waals surface area contributed by atoms with Crippen LogP contribution in [-0.4, -0.2) is 47.5 Å². The van der Waals surface area contributed by atoms with E-state index in [1.165, 1.54) is 4.90 Å². The Kier molecular flexibility index (Phi) is 7.19. The van der Waals surface area contributed by atoms with Gasteiger partial charge in [-0.2, -0.15) is 0 Å². The van der Waals surface area contributed by atoms with Gasteiger partial charge in [-0.25, -0.2) is 9.59 Å². The SMILES string of the molecule is CC(C)CC(NC(=O)N1CC(=O)Nc2ccccc21)C(=O)NC(C(=O)O)C(C)C. The molecule has 9 nitrogen and oxygen atoms in total. The summed E-state index contributed by atoms with van der Waals surface area (Å²) < 4.78 is 0. The number of amides is 4. The van der Waals surface area contributed by atoms with Crippen LogP contribution in [0.5, 0.6) is 0 Å². The van der Waals surface area contributed by atoms with Gasteiger partial charge in [0.05, 0.1) is 11.4 Å². The zero-order valence-electron chi connectivity index (χ0n) is 17.1. The maximum atomic E-state index is 12.9. The summed E-state index contributed by atoms with van der Waals surface area (Å²) >= 11 is 0. The Morgan fingerprint density at radius 3 is 2.38 bits per heavy atom. The average Bonchev–Trinajstić information content (AvgIpc) is 2.63. The molecule has 29 heavy (non-hydrogen) atoms. The van der Waals surface area contributed by atoms with Gasteiger partial charge in [-0.05, 0) is 30.4 Å². The number of aliphatic carboxylic acids is 1. The Balaban J connectivity index is 2.19. The van der Waals surface area contributed by atoms with Crippen molar-refractivity contribution >= 4 is 35.2 Å². The van der Waals surface area contributed by atoms with E-state index in [1.807, 2.05) is 13.8 Å². The lowest BCUT2D eigenvalue weighted by atomic mass is 10.0. The van der Waals surface area contributed by atoms with E-state index in [0.29, 0.717) is 17.8 Å². The fourth-order valence-electron chi connectivity index (χ4n) is 3.11. The van der Waals surface area contributed by atoms with Gasteiger partial charge in [0.15, 0.2) is 0 Å². The predicted octanol–water partition coefficient (Wildman–Crippen LogP) is 1.79. The van der Waals surface area contributed by atoms with Crippen molar-refractivity contribution in [3.63, 3.8) is 0 Å². The number of nitrogens with one attached hydrogen (secondary N) is 3. The third-order valence-corrected chi connectivity index (χ3v) is 4.57. The summed E-state index contributed by atoms with van der Waals surface area (Å²) in [4.78, 5) is 50.3. The number of nitrogens with zero attached hydrogens (tertiary/aromatic N) is 1. The summed E-state index contributed by atoms with van der Waals surface area (Å²) in [6.45, 7) is 7.00. The number of carboxylic acids is 1. The van der Waals surface area contributed by atoms with Crippen LogP contribution in [-0.2, 0) is 14.4 Å². The fraction of sp³-hybridized carbons (Fsp3) is 0.500. The van der Waals surface area contributed by atoms with Crippen LogP contribution >= 0.6 is 0 Å². The van der Waals surface area contributed by atoms with E-state index >= 15 is 0 Å². The van der Waals surface area contributed by atoms with E-state index in [9.17, 15) is 24.3 Å². The number of fused-ring (bicyclic) bond motifs is 1. The summed E-state index contributed by atoms with van der Waals surface area (Å²) in [7, 11) is 0. The number of carbonyl (C=O) groups is 4. The van der Waals surface area contributed by atoms with Gasteiger partial charge in [-0.1, -0.05) is 39.8 Å². The van der Waals surface area contributed by atoms with Crippen LogP contribution in [0.4, 0.5) is 16.2 Å². The van der Waals surface area contributed by atoms with Crippen molar-refractivity contribution in [1.29, 1.82) is 0 Å². The highest BCUT2D eigenvalue weighted by Gasteiger charge is 2.32. The lowest BCUT2D eigenvalue weighted by molar-refractivity contribution is -0.143. The van der Waals surface area contributed by atoms with Crippen LogP contribution in [0.3, 0.4) is 0 Å². The Labute approximate surface area is 169 Å². The summed E-state index contributed by atoms with van der Waals surface area (Å²) in [5.41, 5.74) is 1.04. The average molecular weight is 404 g/mol. The smallest absolute Gasteiger partial charge is 0.326 e. The predicted molar refractivity (Wildman–Crippen MR) is 109 cm³/mol. The molecule has 2 rings (SSSR count). The highest BCUT2D eigenvalue weighted by Crippen LogP contribution is 2.28.